The van der Waals surface area contributed by atoms with Gasteiger partial charge >= 0.3 is 0 Å². The highest BCUT2D eigenvalue weighted by Gasteiger charge is 2.21. The summed E-state index contributed by atoms with van der Waals surface area (Å²) < 4.78 is 32.7. The quantitative estimate of drug-likeness (QED) is 0.621. The molecule has 0 aliphatic rings. The van der Waals surface area contributed by atoms with E-state index in [-0.39, 0.29) is 17.5 Å². The Morgan fingerprint density at radius 2 is 1.85 bits per heavy atom. The zero-order valence-corrected chi connectivity index (χ0v) is 13.6. The van der Waals surface area contributed by atoms with E-state index in [0.29, 0.717) is 17.9 Å². The number of anilines is 1. The van der Waals surface area contributed by atoms with Crippen LogP contribution in [0.25, 0.3) is 0 Å². The maximum absolute atomic E-state index is 12.4. The molecule has 114 valence electrons. The maximum Gasteiger partial charge on any atom is 0.241 e. The summed E-state index contributed by atoms with van der Waals surface area (Å²) in [6, 6.07) is 1.80. The van der Waals surface area contributed by atoms with Gasteiger partial charge in [0.05, 0.1) is 17.6 Å². The first kappa shape index (κ1) is 16.9. The minimum atomic E-state index is -3.57. The third kappa shape index (κ3) is 3.94. The molecule has 0 atom stereocenters. The summed E-state index contributed by atoms with van der Waals surface area (Å²) in [7, 11) is -3.57. The fourth-order valence-electron chi connectivity index (χ4n) is 1.99. The van der Waals surface area contributed by atoms with E-state index in [1.165, 1.54) is 0 Å². The van der Waals surface area contributed by atoms with Crippen LogP contribution in [0.15, 0.2) is 11.0 Å². The molecule has 5 nitrogen and oxygen atoms in total. The van der Waals surface area contributed by atoms with Crippen LogP contribution in [0.5, 0.6) is 0 Å². The van der Waals surface area contributed by atoms with Crippen LogP contribution in [0, 0.1) is 20.8 Å². The first-order valence-electron chi connectivity index (χ1n) is 6.64. The Morgan fingerprint density at radius 1 is 1.25 bits per heavy atom. The summed E-state index contributed by atoms with van der Waals surface area (Å²) in [5, 5.41) is 0. The number of ether oxygens (including phenoxy) is 1. The van der Waals surface area contributed by atoms with Crippen LogP contribution in [0.1, 0.15) is 30.5 Å². The topological polar surface area (TPSA) is 81.4 Å². The standard InChI is InChI=1S/C14H24N2O3S/c1-9(2)19-7-6-16-20(17,18)14-11(4)10(3)8-13(15)12(14)5/h8-9,16H,6-7,15H2,1-5H3. The fourth-order valence-corrected chi connectivity index (χ4v) is 3.57. The molecular formula is C14H24N2O3S. The molecule has 3 N–H and O–H groups in total. The van der Waals surface area contributed by atoms with Crippen molar-refractivity contribution in [1.82, 2.24) is 4.72 Å². The second-order valence-electron chi connectivity index (χ2n) is 5.18. The summed E-state index contributed by atoms with van der Waals surface area (Å²) in [6.45, 7) is 9.77. The molecule has 0 bridgehead atoms. The Balaban J connectivity index is 2.99. The summed E-state index contributed by atoms with van der Waals surface area (Å²) >= 11 is 0. The highest BCUT2D eigenvalue weighted by molar-refractivity contribution is 7.89. The molecule has 1 aromatic rings. The SMILES string of the molecule is Cc1cc(N)c(C)c(S(=O)(=O)NCCOC(C)C)c1C. The van der Waals surface area contributed by atoms with Gasteiger partial charge in [0.2, 0.25) is 10.0 Å². The van der Waals surface area contributed by atoms with Gasteiger partial charge in [-0.3, -0.25) is 0 Å². The van der Waals surface area contributed by atoms with Gasteiger partial charge < -0.3 is 10.5 Å². The van der Waals surface area contributed by atoms with Gasteiger partial charge in [0.1, 0.15) is 0 Å². The number of nitrogens with two attached hydrogens (primary N) is 1. The highest BCUT2D eigenvalue weighted by atomic mass is 32.2. The van der Waals surface area contributed by atoms with Crippen molar-refractivity contribution in [2.75, 3.05) is 18.9 Å². The number of hydrogen-bond donors (Lipinski definition) is 2. The van der Waals surface area contributed by atoms with Crippen LogP contribution in [0.3, 0.4) is 0 Å². The second-order valence-corrected chi connectivity index (χ2v) is 6.88. The maximum atomic E-state index is 12.4. The van der Waals surface area contributed by atoms with E-state index in [1.807, 2.05) is 20.8 Å². The molecule has 1 rings (SSSR count). The number of benzene rings is 1. The van der Waals surface area contributed by atoms with Crippen molar-refractivity contribution in [2.24, 2.45) is 0 Å². The molecular weight excluding hydrogens is 276 g/mol. The zero-order chi connectivity index (χ0) is 15.5. The van der Waals surface area contributed by atoms with Gasteiger partial charge in [0.15, 0.2) is 0 Å². The molecule has 0 spiro atoms. The number of hydrogen-bond acceptors (Lipinski definition) is 4. The van der Waals surface area contributed by atoms with Crippen molar-refractivity contribution < 1.29 is 13.2 Å². The number of nitrogens with one attached hydrogen (secondary N) is 1. The van der Waals surface area contributed by atoms with Gasteiger partial charge in [-0.05, 0) is 57.4 Å². The Labute approximate surface area is 121 Å². The summed E-state index contributed by atoms with van der Waals surface area (Å²) in [5.74, 6) is 0. The molecule has 0 saturated heterocycles. The predicted octanol–water partition coefficient (Wildman–Crippen LogP) is 1.90. The minimum absolute atomic E-state index is 0.0811. The largest absolute Gasteiger partial charge is 0.398 e. The van der Waals surface area contributed by atoms with E-state index < -0.39 is 10.0 Å². The smallest absolute Gasteiger partial charge is 0.241 e. The van der Waals surface area contributed by atoms with Gasteiger partial charge in [0, 0.05) is 12.2 Å². The lowest BCUT2D eigenvalue weighted by Gasteiger charge is -2.16. The minimum Gasteiger partial charge on any atom is -0.398 e. The monoisotopic (exact) mass is 300 g/mol. The lowest BCUT2D eigenvalue weighted by atomic mass is 10.1. The molecule has 0 aromatic heterocycles. The molecule has 0 aliphatic heterocycles. The van der Waals surface area contributed by atoms with Crippen molar-refractivity contribution in [3.8, 4) is 0 Å². The van der Waals surface area contributed by atoms with E-state index >= 15 is 0 Å². The van der Waals surface area contributed by atoms with Gasteiger partial charge in [0.25, 0.3) is 0 Å². The molecule has 20 heavy (non-hydrogen) atoms. The van der Waals surface area contributed by atoms with Crippen molar-refractivity contribution in [1.29, 1.82) is 0 Å². The molecule has 0 aliphatic carbocycles. The molecule has 0 amide bonds. The lowest BCUT2D eigenvalue weighted by molar-refractivity contribution is 0.0834. The van der Waals surface area contributed by atoms with Crippen LogP contribution in [-0.4, -0.2) is 27.7 Å². The number of rotatable bonds is 6. The molecule has 0 fully saturated rings. The van der Waals surface area contributed by atoms with Crippen LogP contribution in [0.4, 0.5) is 5.69 Å². The Morgan fingerprint density at radius 3 is 2.40 bits per heavy atom. The van der Waals surface area contributed by atoms with Crippen LogP contribution in [0.2, 0.25) is 0 Å². The van der Waals surface area contributed by atoms with Crippen molar-refractivity contribution in [3.05, 3.63) is 22.8 Å². The van der Waals surface area contributed by atoms with E-state index in [1.54, 1.807) is 19.9 Å². The second kappa shape index (κ2) is 6.56. The first-order chi connectivity index (χ1) is 9.16. The molecule has 1 aromatic carbocycles. The third-order valence-corrected chi connectivity index (χ3v) is 4.93. The van der Waals surface area contributed by atoms with E-state index in [2.05, 4.69) is 4.72 Å². The van der Waals surface area contributed by atoms with Crippen molar-refractivity contribution in [2.45, 2.75) is 45.6 Å². The Kier molecular flexibility index (Phi) is 5.56. The van der Waals surface area contributed by atoms with Gasteiger partial charge in [-0.25, -0.2) is 13.1 Å². The normalized spacial score (nSPS) is 12.1. The predicted molar refractivity (Wildman–Crippen MR) is 81.3 cm³/mol. The third-order valence-electron chi connectivity index (χ3n) is 3.19. The molecule has 0 saturated carbocycles. The summed E-state index contributed by atoms with van der Waals surface area (Å²) in [6.07, 6.45) is 0.0811. The average molecular weight is 300 g/mol. The molecule has 0 heterocycles. The van der Waals surface area contributed by atoms with Crippen LogP contribution < -0.4 is 10.5 Å². The van der Waals surface area contributed by atoms with Gasteiger partial charge in [-0.1, -0.05) is 0 Å². The van der Waals surface area contributed by atoms with Crippen molar-refractivity contribution >= 4 is 15.7 Å². The molecule has 6 heteroatoms. The molecule has 0 unspecified atom stereocenters. The van der Waals surface area contributed by atoms with Crippen molar-refractivity contribution in [3.63, 3.8) is 0 Å². The van der Waals surface area contributed by atoms with E-state index in [9.17, 15) is 8.42 Å². The first-order valence-corrected chi connectivity index (χ1v) is 8.12. The number of aryl methyl sites for hydroxylation is 1. The van der Waals surface area contributed by atoms with Crippen LogP contribution >= 0.6 is 0 Å². The number of nitrogen functional groups attached to an aromatic ring is 1. The van der Waals surface area contributed by atoms with Gasteiger partial charge in [-0.15, -0.1) is 0 Å². The Hall–Kier alpha value is -1.11. The highest BCUT2D eigenvalue weighted by Crippen LogP contribution is 2.27. The molecule has 0 radical (unpaired) electrons. The fraction of sp³-hybridized carbons (Fsp3) is 0.571. The van der Waals surface area contributed by atoms with Crippen LogP contribution in [-0.2, 0) is 14.8 Å². The Bertz CT molecular complexity index is 554. The van der Waals surface area contributed by atoms with E-state index in [0.717, 1.165) is 11.1 Å². The number of sulfonamides is 1. The average Bonchev–Trinajstić information content (AvgIpc) is 2.32. The summed E-state index contributed by atoms with van der Waals surface area (Å²) in [5.41, 5.74) is 8.54. The van der Waals surface area contributed by atoms with Gasteiger partial charge in [-0.2, -0.15) is 0 Å². The van der Waals surface area contributed by atoms with E-state index in [4.69, 9.17) is 10.5 Å². The lowest BCUT2D eigenvalue weighted by Crippen LogP contribution is -2.29. The summed E-state index contributed by atoms with van der Waals surface area (Å²) in [4.78, 5) is 0.277. The zero-order valence-electron chi connectivity index (χ0n) is 12.8.